The van der Waals surface area contributed by atoms with Gasteiger partial charge in [-0.2, -0.15) is 0 Å². The predicted molar refractivity (Wildman–Crippen MR) is 36.8 cm³/mol. The summed E-state index contributed by atoms with van der Waals surface area (Å²) in [4.78, 5) is 10.0. The second kappa shape index (κ2) is 2.52. The normalized spacial score (nSPS) is 17.8. The maximum absolute atomic E-state index is 10.0. The second-order valence-electron chi connectivity index (χ2n) is 2.12. The molecule has 0 fully saturated rings. The molecule has 0 bridgehead atoms. The van der Waals surface area contributed by atoms with Crippen molar-refractivity contribution in [2.24, 2.45) is 0 Å². The first-order valence-corrected chi connectivity index (χ1v) is 2.91. The van der Waals surface area contributed by atoms with Gasteiger partial charge in [0.05, 0.1) is 5.57 Å². The SMILES string of the molecule is O=C=C1CC(O)=C(O)C=C1O. The summed E-state index contributed by atoms with van der Waals surface area (Å²) in [6.07, 6.45) is 0.733. The van der Waals surface area contributed by atoms with E-state index in [-0.39, 0.29) is 23.5 Å². The van der Waals surface area contributed by atoms with Crippen molar-refractivity contribution in [3.8, 4) is 0 Å². The number of hydrogen-bond acceptors (Lipinski definition) is 4. The lowest BCUT2D eigenvalue weighted by atomic mass is 10.1. The second-order valence-corrected chi connectivity index (χ2v) is 2.12. The first-order valence-electron chi connectivity index (χ1n) is 2.91. The van der Waals surface area contributed by atoms with Crippen molar-refractivity contribution in [2.45, 2.75) is 6.42 Å². The number of carbonyl (C=O) groups excluding carboxylic acids is 1. The highest BCUT2D eigenvalue weighted by atomic mass is 16.3. The minimum Gasteiger partial charge on any atom is -0.508 e. The Morgan fingerprint density at radius 3 is 2.55 bits per heavy atom. The zero-order valence-electron chi connectivity index (χ0n) is 5.53. The molecule has 3 N–H and O–H groups in total. The molecule has 58 valence electrons. The molecule has 0 amide bonds. The minimum atomic E-state index is -0.415. The third-order valence-corrected chi connectivity index (χ3v) is 1.35. The van der Waals surface area contributed by atoms with Gasteiger partial charge in [0.15, 0.2) is 5.76 Å². The van der Waals surface area contributed by atoms with Gasteiger partial charge in [-0.25, -0.2) is 4.79 Å². The summed E-state index contributed by atoms with van der Waals surface area (Å²) in [7, 11) is 0. The number of aliphatic hydroxyl groups excluding tert-OH is 3. The fourth-order valence-corrected chi connectivity index (χ4v) is 0.737. The highest BCUT2D eigenvalue weighted by Gasteiger charge is 2.16. The molecule has 0 saturated heterocycles. The van der Waals surface area contributed by atoms with Crippen molar-refractivity contribution in [2.75, 3.05) is 0 Å². The van der Waals surface area contributed by atoms with Crippen molar-refractivity contribution in [3.63, 3.8) is 0 Å². The molecule has 0 aromatic heterocycles. The Morgan fingerprint density at radius 1 is 1.36 bits per heavy atom. The van der Waals surface area contributed by atoms with Crippen LogP contribution in [-0.2, 0) is 4.79 Å². The van der Waals surface area contributed by atoms with Gasteiger partial charge in [0.1, 0.15) is 17.5 Å². The average molecular weight is 154 g/mol. The van der Waals surface area contributed by atoms with Crippen LogP contribution >= 0.6 is 0 Å². The molecule has 0 aliphatic heterocycles. The molecule has 0 radical (unpaired) electrons. The van der Waals surface area contributed by atoms with Crippen LogP contribution in [0.3, 0.4) is 0 Å². The van der Waals surface area contributed by atoms with E-state index in [0.29, 0.717) is 0 Å². The van der Waals surface area contributed by atoms with E-state index < -0.39 is 5.76 Å². The summed E-state index contributed by atoms with van der Waals surface area (Å²) in [5, 5.41) is 26.6. The highest BCUT2D eigenvalue weighted by Crippen LogP contribution is 2.21. The van der Waals surface area contributed by atoms with E-state index in [1.807, 2.05) is 0 Å². The lowest BCUT2D eigenvalue weighted by Gasteiger charge is -2.08. The zero-order valence-corrected chi connectivity index (χ0v) is 5.53. The maximum Gasteiger partial charge on any atom is 0.157 e. The van der Waals surface area contributed by atoms with Gasteiger partial charge < -0.3 is 15.3 Å². The van der Waals surface area contributed by atoms with E-state index in [1.54, 1.807) is 0 Å². The van der Waals surface area contributed by atoms with E-state index in [9.17, 15) is 4.79 Å². The maximum atomic E-state index is 10.0. The molecule has 0 aromatic rings. The average Bonchev–Trinajstić information content (AvgIpc) is 1.97. The van der Waals surface area contributed by atoms with E-state index in [2.05, 4.69) is 0 Å². The van der Waals surface area contributed by atoms with Gasteiger partial charge >= 0.3 is 0 Å². The molecule has 1 aliphatic carbocycles. The molecule has 4 nitrogen and oxygen atoms in total. The molecule has 0 heterocycles. The standard InChI is InChI=1S/C7H6O4/c8-3-4-1-6(10)7(11)2-5(4)9/h2,9-11H,1H2. The highest BCUT2D eigenvalue weighted by molar-refractivity contribution is 5.62. The van der Waals surface area contributed by atoms with Crippen LogP contribution in [0.25, 0.3) is 0 Å². The number of rotatable bonds is 0. The van der Waals surface area contributed by atoms with Crippen molar-refractivity contribution in [1.82, 2.24) is 0 Å². The minimum absolute atomic E-state index is 0.0553. The van der Waals surface area contributed by atoms with Crippen LogP contribution in [0.1, 0.15) is 6.42 Å². The zero-order chi connectivity index (χ0) is 8.43. The smallest absolute Gasteiger partial charge is 0.157 e. The summed E-state index contributed by atoms with van der Waals surface area (Å²) in [5.74, 6) is 0.349. The number of allylic oxidation sites excluding steroid dienone is 3. The Hall–Kier alpha value is -1.67. The monoisotopic (exact) mass is 154 g/mol. The molecule has 0 aromatic carbocycles. The lowest BCUT2D eigenvalue weighted by molar-refractivity contribution is 0.312. The van der Waals surface area contributed by atoms with Crippen LogP contribution in [0.2, 0.25) is 0 Å². The van der Waals surface area contributed by atoms with Crippen LogP contribution in [-0.4, -0.2) is 21.3 Å². The molecule has 0 saturated carbocycles. The van der Waals surface area contributed by atoms with Crippen LogP contribution in [0.4, 0.5) is 0 Å². The largest absolute Gasteiger partial charge is 0.508 e. The molecular formula is C7H6O4. The van der Waals surface area contributed by atoms with Gasteiger partial charge in [-0.05, 0) is 0 Å². The predicted octanol–water partition coefficient (Wildman–Crippen LogP) is 0.918. The first kappa shape index (κ1) is 7.44. The van der Waals surface area contributed by atoms with Gasteiger partial charge in [-0.15, -0.1) is 0 Å². The van der Waals surface area contributed by atoms with Gasteiger partial charge in [0, 0.05) is 12.5 Å². The quantitative estimate of drug-likeness (QED) is 0.453. The fourth-order valence-electron chi connectivity index (χ4n) is 0.737. The summed E-state index contributed by atoms with van der Waals surface area (Å²) >= 11 is 0. The molecule has 11 heavy (non-hydrogen) atoms. The molecule has 1 aliphatic rings. The van der Waals surface area contributed by atoms with E-state index >= 15 is 0 Å². The molecule has 1 rings (SSSR count). The van der Waals surface area contributed by atoms with Crippen molar-refractivity contribution >= 4 is 5.94 Å². The fraction of sp³-hybridized carbons (Fsp3) is 0.143. The molecule has 0 spiro atoms. The number of hydrogen-bond donors (Lipinski definition) is 3. The van der Waals surface area contributed by atoms with Gasteiger partial charge in [0.2, 0.25) is 0 Å². The Balaban J connectivity index is 3.10. The van der Waals surface area contributed by atoms with Gasteiger partial charge in [0.25, 0.3) is 0 Å². The third-order valence-electron chi connectivity index (χ3n) is 1.35. The molecule has 0 atom stereocenters. The Labute approximate surface area is 62.4 Å². The third kappa shape index (κ3) is 1.25. The lowest BCUT2D eigenvalue weighted by Crippen LogP contribution is -2.02. The topological polar surface area (TPSA) is 77.8 Å². The van der Waals surface area contributed by atoms with Gasteiger partial charge in [-0.1, -0.05) is 0 Å². The summed E-state index contributed by atoms with van der Waals surface area (Å²) in [6, 6.07) is 0. The van der Waals surface area contributed by atoms with Crippen LogP contribution in [0, 0.1) is 0 Å². The van der Waals surface area contributed by atoms with Crippen LogP contribution in [0.15, 0.2) is 28.9 Å². The Morgan fingerprint density at radius 2 is 2.00 bits per heavy atom. The number of aliphatic hydroxyl groups is 3. The first-order chi connectivity index (χ1) is 5.15. The van der Waals surface area contributed by atoms with E-state index in [4.69, 9.17) is 15.3 Å². The molecule has 0 unspecified atom stereocenters. The van der Waals surface area contributed by atoms with E-state index in [0.717, 1.165) is 6.08 Å². The van der Waals surface area contributed by atoms with Crippen molar-refractivity contribution < 1.29 is 20.1 Å². The summed E-state index contributed by atoms with van der Waals surface area (Å²) < 4.78 is 0. The Kier molecular flexibility index (Phi) is 1.70. The van der Waals surface area contributed by atoms with Crippen molar-refractivity contribution in [1.29, 1.82) is 0 Å². The van der Waals surface area contributed by atoms with Crippen LogP contribution < -0.4 is 0 Å². The summed E-state index contributed by atoms with van der Waals surface area (Å²) in [6.45, 7) is 0. The van der Waals surface area contributed by atoms with Gasteiger partial charge in [-0.3, -0.25) is 0 Å². The Bertz CT molecular complexity index is 292. The van der Waals surface area contributed by atoms with Crippen molar-refractivity contribution in [3.05, 3.63) is 28.9 Å². The molecular weight excluding hydrogens is 148 g/mol. The molecule has 4 heteroatoms. The van der Waals surface area contributed by atoms with E-state index in [1.165, 1.54) is 5.94 Å². The summed E-state index contributed by atoms with van der Waals surface area (Å²) in [5.41, 5.74) is -0.0553. The van der Waals surface area contributed by atoms with Crippen LogP contribution in [0.5, 0.6) is 0 Å².